The van der Waals surface area contributed by atoms with Crippen LogP contribution >= 0.6 is 0 Å². The van der Waals surface area contributed by atoms with Crippen molar-refractivity contribution in [3.05, 3.63) is 77.6 Å². The summed E-state index contributed by atoms with van der Waals surface area (Å²) in [5.41, 5.74) is 0.230. The van der Waals surface area contributed by atoms with Gasteiger partial charge in [-0.05, 0) is 37.3 Å². The Morgan fingerprint density at radius 3 is 2.55 bits per heavy atom. The number of nitrogens with one attached hydrogen (secondary N) is 1. The van der Waals surface area contributed by atoms with Crippen LogP contribution in [0, 0.1) is 5.82 Å². The van der Waals surface area contributed by atoms with Crippen LogP contribution in [-0.2, 0) is 9.53 Å². The van der Waals surface area contributed by atoms with E-state index in [-0.39, 0.29) is 28.9 Å². The van der Waals surface area contributed by atoms with Crippen LogP contribution in [0.2, 0.25) is 0 Å². The number of hydrogen-bond acceptors (Lipinski definition) is 5. The zero-order chi connectivity index (χ0) is 21.1. The minimum Gasteiger partial charge on any atom is -0.449 e. The maximum Gasteiger partial charge on any atom is 0.338 e. The molecule has 2 aromatic rings. The third-order valence-electron chi connectivity index (χ3n) is 4.30. The molecule has 0 saturated heterocycles. The lowest BCUT2D eigenvalue weighted by Gasteiger charge is -2.14. The number of hydrogen-bond donors (Lipinski definition) is 1. The van der Waals surface area contributed by atoms with Crippen molar-refractivity contribution >= 4 is 29.4 Å². The first-order valence-corrected chi connectivity index (χ1v) is 8.71. The summed E-state index contributed by atoms with van der Waals surface area (Å²) in [5, 5.41) is 2.34. The van der Waals surface area contributed by atoms with E-state index in [9.17, 15) is 23.6 Å². The number of ether oxygens (including phenoxy) is 1. The van der Waals surface area contributed by atoms with Gasteiger partial charge in [-0.3, -0.25) is 19.3 Å². The third-order valence-corrected chi connectivity index (χ3v) is 4.30. The van der Waals surface area contributed by atoms with E-state index in [2.05, 4.69) is 11.9 Å². The van der Waals surface area contributed by atoms with Gasteiger partial charge in [0.1, 0.15) is 5.82 Å². The summed E-state index contributed by atoms with van der Waals surface area (Å²) in [6.07, 6.45) is 0.206. The Balaban J connectivity index is 1.71. The van der Waals surface area contributed by atoms with Crippen molar-refractivity contribution in [1.82, 2.24) is 4.90 Å². The predicted octanol–water partition coefficient (Wildman–Crippen LogP) is 2.79. The van der Waals surface area contributed by atoms with Crippen LogP contribution in [-0.4, -0.2) is 41.2 Å². The van der Waals surface area contributed by atoms with E-state index in [1.165, 1.54) is 49.4 Å². The fourth-order valence-electron chi connectivity index (χ4n) is 2.79. The van der Waals surface area contributed by atoms with Crippen LogP contribution in [0.15, 0.2) is 55.1 Å². The van der Waals surface area contributed by atoms with Gasteiger partial charge in [-0.25, -0.2) is 9.18 Å². The molecule has 1 atom stereocenters. The highest BCUT2D eigenvalue weighted by Crippen LogP contribution is 2.24. The number of anilines is 1. The average molecular weight is 396 g/mol. The number of carbonyl (C=O) groups is 4. The van der Waals surface area contributed by atoms with Gasteiger partial charge in [-0.2, -0.15) is 0 Å². The predicted molar refractivity (Wildman–Crippen MR) is 102 cm³/mol. The van der Waals surface area contributed by atoms with Crippen molar-refractivity contribution in [3.63, 3.8) is 0 Å². The molecule has 2 aromatic carbocycles. The number of benzene rings is 2. The Morgan fingerprint density at radius 2 is 1.86 bits per heavy atom. The second-order valence-electron chi connectivity index (χ2n) is 6.29. The molecule has 0 aromatic heterocycles. The van der Waals surface area contributed by atoms with Gasteiger partial charge in [-0.1, -0.05) is 18.2 Å². The topological polar surface area (TPSA) is 92.8 Å². The zero-order valence-corrected chi connectivity index (χ0v) is 15.5. The third kappa shape index (κ3) is 3.91. The summed E-state index contributed by atoms with van der Waals surface area (Å²) >= 11 is 0. The number of imide groups is 1. The van der Waals surface area contributed by atoms with E-state index in [4.69, 9.17) is 4.74 Å². The monoisotopic (exact) mass is 396 g/mol. The first-order valence-electron chi connectivity index (χ1n) is 8.71. The number of fused-ring (bicyclic) bond motifs is 1. The zero-order valence-electron chi connectivity index (χ0n) is 15.5. The van der Waals surface area contributed by atoms with E-state index >= 15 is 0 Å². The molecule has 7 nitrogen and oxygen atoms in total. The van der Waals surface area contributed by atoms with Gasteiger partial charge in [0.2, 0.25) is 0 Å². The summed E-state index contributed by atoms with van der Waals surface area (Å²) in [4.78, 5) is 50.1. The second-order valence-corrected chi connectivity index (χ2v) is 6.29. The van der Waals surface area contributed by atoms with Crippen LogP contribution in [0.5, 0.6) is 0 Å². The SMILES string of the molecule is C=CCN1C(=O)c2ccc(C(=O)O[C@@H](C)C(=O)Nc3ccccc3F)cc2C1=O. The maximum atomic E-state index is 13.6. The lowest BCUT2D eigenvalue weighted by molar-refractivity contribution is -0.123. The molecule has 3 rings (SSSR count). The van der Waals surface area contributed by atoms with Gasteiger partial charge >= 0.3 is 5.97 Å². The molecule has 1 aliphatic heterocycles. The summed E-state index contributed by atoms with van der Waals surface area (Å²) in [5.74, 6) is -3.20. The van der Waals surface area contributed by atoms with Crippen LogP contribution in [0.1, 0.15) is 38.0 Å². The van der Waals surface area contributed by atoms with Crippen molar-refractivity contribution in [3.8, 4) is 0 Å². The van der Waals surface area contributed by atoms with Gasteiger partial charge in [0.15, 0.2) is 6.10 Å². The Morgan fingerprint density at radius 1 is 1.17 bits per heavy atom. The number of rotatable bonds is 6. The van der Waals surface area contributed by atoms with E-state index in [0.717, 1.165) is 4.90 Å². The van der Waals surface area contributed by atoms with Gasteiger partial charge in [0.05, 0.1) is 22.4 Å². The highest BCUT2D eigenvalue weighted by Gasteiger charge is 2.35. The van der Waals surface area contributed by atoms with Crippen LogP contribution in [0.25, 0.3) is 0 Å². The summed E-state index contributed by atoms with van der Waals surface area (Å²) < 4.78 is 18.7. The maximum absolute atomic E-state index is 13.6. The fourth-order valence-corrected chi connectivity index (χ4v) is 2.79. The molecule has 8 heteroatoms. The first-order chi connectivity index (χ1) is 13.8. The second kappa shape index (κ2) is 8.05. The standard InChI is InChI=1S/C21H17FN2O5/c1-3-10-24-19(26)14-9-8-13(11-15(14)20(24)27)21(28)29-12(2)18(25)23-17-7-5-4-6-16(17)22/h3-9,11-12H,1,10H2,2H3,(H,23,25)/t12-/m0/s1. The highest BCUT2D eigenvalue weighted by molar-refractivity contribution is 6.22. The fraction of sp³-hybridized carbons (Fsp3) is 0.143. The van der Waals surface area contributed by atoms with E-state index < -0.39 is 35.6 Å². The number of halogens is 1. The molecule has 1 heterocycles. The molecule has 1 N–H and O–H groups in total. The van der Waals surface area contributed by atoms with Gasteiger partial charge < -0.3 is 10.1 Å². The molecule has 148 valence electrons. The Labute approximate surface area is 165 Å². The molecule has 0 bridgehead atoms. The smallest absolute Gasteiger partial charge is 0.338 e. The lowest BCUT2D eigenvalue weighted by Crippen LogP contribution is -2.30. The summed E-state index contributed by atoms with van der Waals surface area (Å²) in [6, 6.07) is 9.54. The Hall–Kier alpha value is -3.81. The normalized spacial score (nSPS) is 13.7. The summed E-state index contributed by atoms with van der Waals surface area (Å²) in [7, 11) is 0. The molecule has 0 saturated carbocycles. The number of carbonyl (C=O) groups excluding carboxylic acids is 4. The largest absolute Gasteiger partial charge is 0.449 e. The Bertz CT molecular complexity index is 1030. The number of amides is 3. The van der Waals surface area contributed by atoms with Crippen molar-refractivity contribution in [2.45, 2.75) is 13.0 Å². The van der Waals surface area contributed by atoms with Crippen LogP contribution in [0.4, 0.5) is 10.1 Å². The molecule has 0 aliphatic carbocycles. The Kier molecular flexibility index (Phi) is 5.54. The van der Waals surface area contributed by atoms with E-state index in [1.807, 2.05) is 0 Å². The number of para-hydroxylation sites is 1. The molecular formula is C21H17FN2O5. The number of esters is 1. The minimum atomic E-state index is -1.22. The van der Waals surface area contributed by atoms with E-state index in [0.29, 0.717) is 0 Å². The van der Waals surface area contributed by atoms with E-state index in [1.54, 1.807) is 6.07 Å². The molecule has 29 heavy (non-hydrogen) atoms. The first kappa shape index (κ1) is 19.9. The lowest BCUT2D eigenvalue weighted by atomic mass is 10.1. The quantitative estimate of drug-likeness (QED) is 0.460. The van der Waals surface area contributed by atoms with Gasteiger partial charge in [-0.15, -0.1) is 6.58 Å². The molecule has 1 aliphatic rings. The van der Waals surface area contributed by atoms with Crippen molar-refractivity contribution in [2.75, 3.05) is 11.9 Å². The average Bonchev–Trinajstić information content (AvgIpc) is 2.94. The van der Waals surface area contributed by atoms with Crippen LogP contribution in [0.3, 0.4) is 0 Å². The highest BCUT2D eigenvalue weighted by atomic mass is 19.1. The van der Waals surface area contributed by atoms with Crippen molar-refractivity contribution in [1.29, 1.82) is 0 Å². The molecule has 0 fully saturated rings. The molecule has 0 spiro atoms. The van der Waals surface area contributed by atoms with Crippen molar-refractivity contribution < 1.29 is 28.3 Å². The summed E-state index contributed by atoms with van der Waals surface area (Å²) in [6.45, 7) is 4.89. The molecule has 0 radical (unpaired) electrons. The van der Waals surface area contributed by atoms with Crippen LogP contribution < -0.4 is 5.32 Å². The molecule has 3 amide bonds. The van der Waals surface area contributed by atoms with Gasteiger partial charge in [0, 0.05) is 6.54 Å². The number of nitrogens with zero attached hydrogens (tertiary/aromatic N) is 1. The molecule has 0 unspecified atom stereocenters. The molecular weight excluding hydrogens is 379 g/mol. The van der Waals surface area contributed by atoms with Crippen molar-refractivity contribution in [2.24, 2.45) is 0 Å². The van der Waals surface area contributed by atoms with Gasteiger partial charge in [0.25, 0.3) is 17.7 Å². The minimum absolute atomic E-state index is 0.0101.